The van der Waals surface area contributed by atoms with Gasteiger partial charge in [-0.15, -0.1) is 0 Å². The third-order valence-corrected chi connectivity index (χ3v) is 4.84. The molecule has 30 heavy (non-hydrogen) atoms. The van der Waals surface area contributed by atoms with Crippen LogP contribution in [0.3, 0.4) is 0 Å². The average Bonchev–Trinajstić information content (AvgIpc) is 2.68. The van der Waals surface area contributed by atoms with Gasteiger partial charge in [0.15, 0.2) is 0 Å². The maximum atomic E-state index is 12.2. The smallest absolute Gasteiger partial charge is 0.362 e. The Kier molecular flexibility index (Phi) is 8.79. The molecule has 1 heterocycles. The molecule has 0 saturated carbocycles. The van der Waals surface area contributed by atoms with Crippen molar-refractivity contribution in [3.63, 3.8) is 0 Å². The van der Waals surface area contributed by atoms with Gasteiger partial charge in [-0.3, -0.25) is 4.98 Å². The first kappa shape index (κ1) is 24.3. The molecule has 9 nitrogen and oxygen atoms in total. The van der Waals surface area contributed by atoms with Crippen molar-refractivity contribution in [2.24, 2.45) is 0 Å². The Balaban J connectivity index is 0.00000320. The molecule has 0 amide bonds. The summed E-state index contributed by atoms with van der Waals surface area (Å²) in [7, 11) is -9.42. The third-order valence-electron chi connectivity index (χ3n) is 3.22. The van der Waals surface area contributed by atoms with Crippen molar-refractivity contribution in [3.8, 4) is 11.5 Å². The van der Waals surface area contributed by atoms with Gasteiger partial charge in [-0.05, 0) is 36.4 Å². The van der Waals surface area contributed by atoms with E-state index in [1.807, 2.05) is 0 Å². The Morgan fingerprint density at radius 3 is 1.47 bits per heavy atom. The molecule has 3 rings (SSSR count). The average molecular weight is 460 g/mol. The molecule has 0 bridgehead atoms. The minimum Gasteiger partial charge on any atom is -0.362 e. The Labute approximate surface area is 196 Å². The predicted molar refractivity (Wildman–Crippen MR) is 107 cm³/mol. The van der Waals surface area contributed by atoms with Gasteiger partial charge in [0.25, 0.3) is 0 Å². The molecule has 153 valence electrons. The van der Waals surface area contributed by atoms with Gasteiger partial charge in [0.2, 0.25) is 6.29 Å². The van der Waals surface area contributed by atoms with Crippen molar-refractivity contribution >= 4 is 50.4 Å². The zero-order chi connectivity index (χ0) is 20.7. The van der Waals surface area contributed by atoms with Crippen LogP contribution in [0.25, 0.3) is 0 Å². The number of nitrogens with zero attached hydrogens (tertiary/aromatic N) is 1. The van der Waals surface area contributed by atoms with E-state index in [1.54, 1.807) is 42.5 Å². The molecule has 0 N–H and O–H groups in total. The standard InChI is InChI=1S/C18H15NO8S2.Na/c20-28(21,24-15-9-3-1-4-10-15)26-18(17-13-7-8-14-19-17)27-29(22,23)25-16-11-5-2-6-12-16;/h1-14,18H;. The Hall–Kier alpha value is -1.99. The maximum Gasteiger partial charge on any atom is 0.451 e. The first-order chi connectivity index (χ1) is 13.8. The summed E-state index contributed by atoms with van der Waals surface area (Å²) in [5.74, 6) is -0.0636. The van der Waals surface area contributed by atoms with Crippen LogP contribution in [0, 0.1) is 0 Å². The minimum atomic E-state index is -4.71. The summed E-state index contributed by atoms with van der Waals surface area (Å²) < 4.78 is 68.2. The summed E-state index contributed by atoms with van der Waals surface area (Å²) >= 11 is 0. The molecule has 3 aromatic rings. The van der Waals surface area contributed by atoms with Crippen LogP contribution in [0.2, 0.25) is 0 Å². The van der Waals surface area contributed by atoms with E-state index in [9.17, 15) is 16.8 Å². The van der Waals surface area contributed by atoms with E-state index < -0.39 is 27.1 Å². The number of rotatable bonds is 9. The van der Waals surface area contributed by atoms with Crippen LogP contribution >= 0.6 is 0 Å². The Bertz CT molecular complexity index is 1060. The van der Waals surface area contributed by atoms with Crippen LogP contribution in [0.15, 0.2) is 85.1 Å². The third kappa shape index (κ3) is 7.69. The van der Waals surface area contributed by atoms with E-state index in [-0.39, 0.29) is 46.8 Å². The molecule has 1 radical (unpaired) electrons. The quantitative estimate of drug-likeness (QED) is 0.350. The molecular weight excluding hydrogens is 445 g/mol. The summed E-state index contributed by atoms with van der Waals surface area (Å²) in [5, 5.41) is 0. The fourth-order valence-electron chi connectivity index (χ4n) is 2.07. The van der Waals surface area contributed by atoms with Gasteiger partial charge in [0, 0.05) is 35.8 Å². The first-order valence-electron chi connectivity index (χ1n) is 8.09. The summed E-state index contributed by atoms with van der Waals surface area (Å²) in [6.07, 6.45) is -0.664. The molecule has 0 aliphatic rings. The van der Waals surface area contributed by atoms with E-state index in [2.05, 4.69) is 4.98 Å². The van der Waals surface area contributed by atoms with Crippen molar-refractivity contribution in [3.05, 3.63) is 90.8 Å². The Morgan fingerprint density at radius 2 is 1.07 bits per heavy atom. The van der Waals surface area contributed by atoms with Gasteiger partial charge in [-0.1, -0.05) is 42.5 Å². The molecule has 1 aromatic heterocycles. The van der Waals surface area contributed by atoms with Crippen molar-refractivity contribution < 1.29 is 33.6 Å². The SMILES string of the molecule is O=S(=O)(Oc1ccccc1)OC(OS(=O)(=O)Oc1ccccc1)c1ccccn1.[Na]. The van der Waals surface area contributed by atoms with Crippen molar-refractivity contribution in [2.75, 3.05) is 0 Å². The normalized spacial score (nSPS) is 11.5. The summed E-state index contributed by atoms with van der Waals surface area (Å²) in [4.78, 5) is 3.87. The number of hydrogen-bond donors (Lipinski definition) is 0. The summed E-state index contributed by atoms with van der Waals surface area (Å²) in [5.41, 5.74) is -0.132. The molecule has 0 unspecified atom stereocenters. The van der Waals surface area contributed by atoms with E-state index >= 15 is 0 Å². The Morgan fingerprint density at radius 1 is 0.633 bits per heavy atom. The van der Waals surface area contributed by atoms with E-state index in [4.69, 9.17) is 16.7 Å². The van der Waals surface area contributed by atoms with Crippen LogP contribution in [0.5, 0.6) is 11.5 Å². The zero-order valence-electron chi connectivity index (χ0n) is 15.7. The molecule has 0 saturated heterocycles. The van der Waals surface area contributed by atoms with E-state index in [1.165, 1.54) is 42.6 Å². The van der Waals surface area contributed by atoms with Crippen molar-refractivity contribution in [1.29, 1.82) is 0 Å². The van der Waals surface area contributed by atoms with Gasteiger partial charge in [-0.2, -0.15) is 25.2 Å². The largest absolute Gasteiger partial charge is 0.451 e. The monoisotopic (exact) mass is 460 g/mol. The summed E-state index contributed by atoms with van der Waals surface area (Å²) in [6.45, 7) is 0. The van der Waals surface area contributed by atoms with Gasteiger partial charge >= 0.3 is 20.8 Å². The first-order valence-corrected chi connectivity index (χ1v) is 10.8. The fourth-order valence-corrected chi connectivity index (χ4v) is 3.60. The van der Waals surface area contributed by atoms with Crippen molar-refractivity contribution in [2.45, 2.75) is 6.29 Å². The number of hydrogen-bond acceptors (Lipinski definition) is 9. The minimum absolute atomic E-state index is 0. The van der Waals surface area contributed by atoms with E-state index in [0.717, 1.165) is 0 Å². The molecule has 2 aromatic carbocycles. The molecular formula is C18H15NNaO8S2. The maximum absolute atomic E-state index is 12.2. The van der Waals surface area contributed by atoms with Crippen LogP contribution < -0.4 is 8.37 Å². The fraction of sp³-hybridized carbons (Fsp3) is 0.0556. The molecule has 0 spiro atoms. The number of pyridine rings is 1. The van der Waals surface area contributed by atoms with Crippen LogP contribution in [-0.4, -0.2) is 51.4 Å². The van der Waals surface area contributed by atoms with Gasteiger partial charge in [0.05, 0.1) is 5.69 Å². The van der Waals surface area contributed by atoms with Crippen molar-refractivity contribution in [1.82, 2.24) is 4.98 Å². The molecule has 0 aliphatic heterocycles. The second-order valence-electron chi connectivity index (χ2n) is 5.39. The summed E-state index contributed by atoms with van der Waals surface area (Å²) in [6, 6.07) is 19.4. The molecule has 0 atom stereocenters. The van der Waals surface area contributed by atoms with Crippen LogP contribution in [0.4, 0.5) is 0 Å². The van der Waals surface area contributed by atoms with Gasteiger partial charge < -0.3 is 8.37 Å². The van der Waals surface area contributed by atoms with Crippen LogP contribution in [0.1, 0.15) is 12.0 Å². The molecule has 12 heteroatoms. The van der Waals surface area contributed by atoms with Gasteiger partial charge in [-0.25, -0.2) is 0 Å². The van der Waals surface area contributed by atoms with E-state index in [0.29, 0.717) is 0 Å². The molecule has 0 aliphatic carbocycles. The second-order valence-corrected chi connectivity index (χ2v) is 7.74. The number of benzene rings is 2. The predicted octanol–water partition coefficient (Wildman–Crippen LogP) is 2.38. The molecule has 0 fully saturated rings. The van der Waals surface area contributed by atoms with Crippen LogP contribution in [-0.2, 0) is 29.2 Å². The van der Waals surface area contributed by atoms with Gasteiger partial charge in [0.1, 0.15) is 11.5 Å². The topological polar surface area (TPSA) is 118 Å². The number of aromatic nitrogens is 1. The second kappa shape index (κ2) is 10.9. The zero-order valence-corrected chi connectivity index (χ0v) is 19.3. The number of para-hydroxylation sites is 2.